The monoisotopic (exact) mass is 403 g/mol. The number of thiophene rings is 1. The fourth-order valence-corrected chi connectivity index (χ4v) is 5.12. The van der Waals surface area contributed by atoms with E-state index in [1.54, 1.807) is 6.92 Å². The minimum atomic E-state index is -0.496. The van der Waals surface area contributed by atoms with E-state index in [2.05, 4.69) is 0 Å². The van der Waals surface area contributed by atoms with Gasteiger partial charge in [0.05, 0.1) is 17.4 Å². The third-order valence-corrected chi connectivity index (χ3v) is 6.84. The number of aryl methyl sites for hydroxylation is 2. The maximum absolute atomic E-state index is 13.0. The van der Waals surface area contributed by atoms with E-state index in [1.165, 1.54) is 28.0 Å². The predicted octanol–water partition coefficient (Wildman–Crippen LogP) is 4.27. The molecule has 0 radical (unpaired) electrons. The van der Waals surface area contributed by atoms with Gasteiger partial charge in [-0.25, -0.2) is 9.69 Å². The summed E-state index contributed by atoms with van der Waals surface area (Å²) in [6, 6.07) is 7.85. The summed E-state index contributed by atoms with van der Waals surface area (Å²) in [7, 11) is 0. The van der Waals surface area contributed by atoms with Crippen molar-refractivity contribution in [1.82, 2.24) is 0 Å². The number of nitrogens with zero attached hydrogens (tertiary/aromatic N) is 1. The summed E-state index contributed by atoms with van der Waals surface area (Å²) in [5.74, 6) is -1.06. The first-order valence-corrected chi connectivity index (χ1v) is 10.4. The minimum Gasteiger partial charge on any atom is -0.462 e. The Labute approximate surface area is 166 Å². The molecule has 1 fully saturated rings. The molecule has 1 unspecified atom stereocenters. The molecule has 0 saturated carbocycles. The number of hydrogen-bond donors (Lipinski definition) is 0. The van der Waals surface area contributed by atoms with Crippen LogP contribution in [0.2, 0.25) is 0 Å². The van der Waals surface area contributed by atoms with Crippen molar-refractivity contribution in [2.24, 2.45) is 0 Å². The van der Waals surface area contributed by atoms with Gasteiger partial charge < -0.3 is 4.74 Å². The maximum atomic E-state index is 13.0. The van der Waals surface area contributed by atoms with E-state index in [0.717, 1.165) is 20.9 Å². The van der Waals surface area contributed by atoms with Gasteiger partial charge in [0.2, 0.25) is 11.8 Å². The van der Waals surface area contributed by atoms with Gasteiger partial charge in [0.25, 0.3) is 0 Å². The molecule has 0 N–H and O–H groups in total. The molecule has 142 valence electrons. The molecule has 1 aliphatic heterocycles. The minimum absolute atomic E-state index is 0.121. The van der Waals surface area contributed by atoms with E-state index < -0.39 is 11.2 Å². The van der Waals surface area contributed by atoms with Gasteiger partial charge in [-0.05, 0) is 45.4 Å². The van der Waals surface area contributed by atoms with Crippen molar-refractivity contribution in [2.75, 3.05) is 11.5 Å². The second kappa shape index (κ2) is 7.86. The Morgan fingerprint density at radius 2 is 1.89 bits per heavy atom. The van der Waals surface area contributed by atoms with Crippen molar-refractivity contribution in [3.05, 3.63) is 45.8 Å². The normalized spacial score (nSPS) is 16.9. The Bertz CT molecular complexity index is 901. The average molecular weight is 404 g/mol. The first-order valence-electron chi connectivity index (χ1n) is 8.70. The molecule has 0 bridgehead atoms. The van der Waals surface area contributed by atoms with Gasteiger partial charge in [0, 0.05) is 16.2 Å². The maximum Gasteiger partial charge on any atom is 0.341 e. The zero-order chi connectivity index (χ0) is 19.7. The lowest BCUT2D eigenvalue weighted by molar-refractivity contribution is -0.121. The fraction of sp³-hybridized carbons (Fsp3) is 0.350. The SMILES string of the molecule is CCOC(=O)c1c(N2C(=O)CC(Sc3ccc(C)cc3)C2=O)sc(C)c1C. The van der Waals surface area contributed by atoms with E-state index in [9.17, 15) is 14.4 Å². The highest BCUT2D eigenvalue weighted by Gasteiger charge is 2.43. The van der Waals surface area contributed by atoms with Gasteiger partial charge in [0.1, 0.15) is 5.00 Å². The number of amides is 2. The van der Waals surface area contributed by atoms with Crippen molar-refractivity contribution < 1.29 is 19.1 Å². The quantitative estimate of drug-likeness (QED) is 0.551. The van der Waals surface area contributed by atoms with E-state index in [-0.39, 0.29) is 24.8 Å². The van der Waals surface area contributed by atoms with Crippen LogP contribution in [0.15, 0.2) is 29.2 Å². The van der Waals surface area contributed by atoms with Crippen LogP contribution in [-0.2, 0) is 14.3 Å². The number of imide groups is 1. The van der Waals surface area contributed by atoms with E-state index >= 15 is 0 Å². The van der Waals surface area contributed by atoms with Crippen molar-refractivity contribution >= 4 is 45.9 Å². The summed E-state index contributed by atoms with van der Waals surface area (Å²) >= 11 is 2.67. The lowest BCUT2D eigenvalue weighted by Gasteiger charge is -2.15. The van der Waals surface area contributed by atoms with Gasteiger partial charge >= 0.3 is 5.97 Å². The number of hydrogen-bond acceptors (Lipinski definition) is 6. The molecule has 1 aromatic heterocycles. The molecule has 1 saturated heterocycles. The average Bonchev–Trinajstić information content (AvgIpc) is 3.06. The first-order chi connectivity index (χ1) is 12.8. The largest absolute Gasteiger partial charge is 0.462 e. The van der Waals surface area contributed by atoms with E-state index in [0.29, 0.717) is 10.6 Å². The Morgan fingerprint density at radius 1 is 1.22 bits per heavy atom. The Morgan fingerprint density at radius 3 is 2.52 bits per heavy atom. The highest BCUT2D eigenvalue weighted by molar-refractivity contribution is 8.00. The molecule has 27 heavy (non-hydrogen) atoms. The topological polar surface area (TPSA) is 63.7 Å². The second-order valence-corrected chi connectivity index (χ2v) is 8.85. The Kier molecular flexibility index (Phi) is 5.72. The van der Waals surface area contributed by atoms with Crippen LogP contribution in [0.4, 0.5) is 5.00 Å². The predicted molar refractivity (Wildman–Crippen MR) is 108 cm³/mol. The van der Waals surface area contributed by atoms with Crippen LogP contribution in [0.1, 0.15) is 39.7 Å². The fourth-order valence-electron chi connectivity index (χ4n) is 2.90. The van der Waals surface area contributed by atoms with Crippen molar-refractivity contribution in [2.45, 2.75) is 44.3 Å². The number of esters is 1. The van der Waals surface area contributed by atoms with E-state index in [4.69, 9.17) is 4.74 Å². The molecule has 1 aliphatic rings. The summed E-state index contributed by atoms with van der Waals surface area (Å²) in [6.45, 7) is 7.65. The number of carbonyl (C=O) groups excluding carboxylic acids is 3. The first kappa shape index (κ1) is 19.6. The molecule has 0 aliphatic carbocycles. The molecule has 0 spiro atoms. The standard InChI is InChI=1S/C20H21NO4S2/c1-5-25-20(24)17-12(3)13(4)26-19(17)21-16(22)10-15(18(21)23)27-14-8-6-11(2)7-9-14/h6-9,15H,5,10H2,1-4H3. The molecule has 2 amide bonds. The van der Waals surface area contributed by atoms with Gasteiger partial charge in [-0.15, -0.1) is 23.1 Å². The third-order valence-electron chi connectivity index (χ3n) is 4.45. The van der Waals surface area contributed by atoms with Gasteiger partial charge in [-0.2, -0.15) is 0 Å². The molecule has 2 heterocycles. The second-order valence-electron chi connectivity index (χ2n) is 6.37. The van der Waals surface area contributed by atoms with E-state index in [1.807, 2.05) is 45.0 Å². The van der Waals surface area contributed by atoms with Crippen molar-refractivity contribution in [3.8, 4) is 0 Å². The molecule has 5 nitrogen and oxygen atoms in total. The zero-order valence-corrected chi connectivity index (χ0v) is 17.3. The molecule has 2 aromatic rings. The van der Waals surface area contributed by atoms with Crippen LogP contribution >= 0.6 is 23.1 Å². The zero-order valence-electron chi connectivity index (χ0n) is 15.7. The number of thioether (sulfide) groups is 1. The van der Waals surface area contributed by atoms with Crippen molar-refractivity contribution in [3.63, 3.8) is 0 Å². The van der Waals surface area contributed by atoms with Gasteiger partial charge in [-0.3, -0.25) is 9.59 Å². The lowest BCUT2D eigenvalue weighted by Crippen LogP contribution is -2.31. The summed E-state index contributed by atoms with van der Waals surface area (Å²) in [5, 5.41) is -0.108. The highest BCUT2D eigenvalue weighted by Crippen LogP contribution is 2.41. The summed E-state index contributed by atoms with van der Waals surface area (Å²) in [6.07, 6.45) is 0.121. The summed E-state index contributed by atoms with van der Waals surface area (Å²) in [5.41, 5.74) is 2.21. The van der Waals surface area contributed by atoms with Crippen LogP contribution in [0, 0.1) is 20.8 Å². The van der Waals surface area contributed by atoms with Crippen LogP contribution in [0.5, 0.6) is 0 Å². The third kappa shape index (κ3) is 3.80. The molecule has 1 aromatic carbocycles. The number of anilines is 1. The van der Waals surface area contributed by atoms with Gasteiger partial charge in [-0.1, -0.05) is 17.7 Å². The molecule has 1 atom stereocenters. The number of carbonyl (C=O) groups is 3. The summed E-state index contributed by atoms with van der Waals surface area (Å²) < 4.78 is 5.14. The molecular weight excluding hydrogens is 382 g/mol. The van der Waals surface area contributed by atoms with Gasteiger partial charge in [0.15, 0.2) is 0 Å². The molecule has 7 heteroatoms. The number of benzene rings is 1. The molecular formula is C20H21NO4S2. The number of rotatable bonds is 5. The lowest BCUT2D eigenvalue weighted by atomic mass is 10.1. The molecule has 3 rings (SSSR count). The Hall–Kier alpha value is -2.12. The highest BCUT2D eigenvalue weighted by atomic mass is 32.2. The number of ether oxygens (including phenoxy) is 1. The van der Waals surface area contributed by atoms with Crippen LogP contribution in [0.3, 0.4) is 0 Å². The van der Waals surface area contributed by atoms with Crippen LogP contribution in [-0.4, -0.2) is 29.6 Å². The Balaban J connectivity index is 1.90. The smallest absolute Gasteiger partial charge is 0.341 e. The van der Waals surface area contributed by atoms with Crippen LogP contribution < -0.4 is 4.90 Å². The van der Waals surface area contributed by atoms with Crippen molar-refractivity contribution in [1.29, 1.82) is 0 Å². The summed E-state index contributed by atoms with van der Waals surface area (Å²) in [4.78, 5) is 41.0. The van der Waals surface area contributed by atoms with Crippen LogP contribution in [0.25, 0.3) is 0 Å².